The zero-order valence-electron chi connectivity index (χ0n) is 19.4. The van der Waals surface area contributed by atoms with E-state index in [9.17, 15) is 24.3 Å². The van der Waals surface area contributed by atoms with Gasteiger partial charge in [0, 0.05) is 6.42 Å². The van der Waals surface area contributed by atoms with Crippen LogP contribution in [-0.4, -0.2) is 60.0 Å². The minimum Gasteiger partial charge on any atom is -0.480 e. The predicted molar refractivity (Wildman–Crippen MR) is 125 cm³/mol. The molecule has 0 saturated heterocycles. The normalized spacial score (nSPS) is 14.4. The molecule has 4 atom stereocenters. The van der Waals surface area contributed by atoms with Gasteiger partial charge in [-0.25, -0.2) is 4.79 Å². The van der Waals surface area contributed by atoms with Crippen molar-refractivity contribution in [1.29, 1.82) is 0 Å². The third kappa shape index (κ3) is 10.5. The van der Waals surface area contributed by atoms with Crippen molar-refractivity contribution in [2.45, 2.75) is 64.1 Å². The van der Waals surface area contributed by atoms with Crippen molar-refractivity contribution in [2.24, 2.45) is 17.4 Å². The molecule has 0 saturated carbocycles. The number of carbonyl (C=O) groups excluding carboxylic acids is 3. The molecule has 0 aliphatic heterocycles. The van der Waals surface area contributed by atoms with Gasteiger partial charge in [-0.15, -0.1) is 0 Å². The number of aliphatic carboxylic acids is 1. The maximum absolute atomic E-state index is 12.7. The number of carboxylic acid groups (broad SMARTS) is 1. The topological polar surface area (TPSA) is 177 Å². The molecule has 10 nitrogen and oxygen atoms in total. The number of benzene rings is 1. The molecule has 3 amide bonds. The van der Waals surface area contributed by atoms with E-state index >= 15 is 0 Å². The standard InChI is InChI=1S/C23H37N5O5/c1-3-15(2)20(28-21(30)17(25)11-7-8-12-24)22(31)26-14-19(29)27-18(23(32)33)13-16-9-5-4-6-10-16/h4-6,9-10,15,17-18,20H,3,7-8,11-14,24-25H2,1-2H3,(H,26,31)(H,27,29)(H,28,30)(H,32,33). The van der Waals surface area contributed by atoms with Gasteiger partial charge in [0.1, 0.15) is 12.1 Å². The quantitative estimate of drug-likeness (QED) is 0.197. The molecule has 0 radical (unpaired) electrons. The van der Waals surface area contributed by atoms with Gasteiger partial charge in [0.2, 0.25) is 17.7 Å². The summed E-state index contributed by atoms with van der Waals surface area (Å²) in [5.74, 6) is -2.98. The molecule has 1 aromatic carbocycles. The monoisotopic (exact) mass is 463 g/mol. The summed E-state index contributed by atoms with van der Waals surface area (Å²) in [6.45, 7) is 3.79. The number of unbranched alkanes of at least 4 members (excludes halogenated alkanes) is 1. The lowest BCUT2D eigenvalue weighted by Gasteiger charge is -2.25. The molecule has 0 fully saturated rings. The highest BCUT2D eigenvalue weighted by atomic mass is 16.4. The van der Waals surface area contributed by atoms with E-state index in [1.807, 2.05) is 19.9 Å². The molecule has 8 N–H and O–H groups in total. The number of amides is 3. The van der Waals surface area contributed by atoms with Crippen LogP contribution in [0.3, 0.4) is 0 Å². The fourth-order valence-corrected chi connectivity index (χ4v) is 3.17. The number of carbonyl (C=O) groups is 4. The Labute approximate surface area is 194 Å². The summed E-state index contributed by atoms with van der Waals surface area (Å²) >= 11 is 0. The van der Waals surface area contributed by atoms with E-state index in [4.69, 9.17) is 11.5 Å². The van der Waals surface area contributed by atoms with Crippen LogP contribution < -0.4 is 27.4 Å². The van der Waals surface area contributed by atoms with Gasteiger partial charge >= 0.3 is 5.97 Å². The Bertz CT molecular complexity index is 774. The van der Waals surface area contributed by atoms with Gasteiger partial charge in [0.05, 0.1) is 12.6 Å². The van der Waals surface area contributed by atoms with Crippen LogP contribution >= 0.6 is 0 Å². The lowest BCUT2D eigenvalue weighted by Crippen LogP contribution is -2.55. The van der Waals surface area contributed by atoms with Gasteiger partial charge in [-0.05, 0) is 30.9 Å². The number of nitrogens with two attached hydrogens (primary N) is 2. The van der Waals surface area contributed by atoms with Crippen molar-refractivity contribution in [3.05, 3.63) is 35.9 Å². The molecule has 184 valence electrons. The Kier molecular flexibility index (Phi) is 12.7. The second-order valence-electron chi connectivity index (χ2n) is 8.13. The van der Waals surface area contributed by atoms with Gasteiger partial charge in [-0.3, -0.25) is 14.4 Å². The number of hydrogen-bond donors (Lipinski definition) is 6. The highest BCUT2D eigenvalue weighted by Gasteiger charge is 2.28. The van der Waals surface area contributed by atoms with E-state index in [-0.39, 0.29) is 12.3 Å². The maximum Gasteiger partial charge on any atom is 0.326 e. The first-order chi connectivity index (χ1) is 15.7. The number of hydrogen-bond acceptors (Lipinski definition) is 6. The average Bonchev–Trinajstić information content (AvgIpc) is 2.80. The third-order valence-electron chi connectivity index (χ3n) is 5.44. The minimum absolute atomic E-state index is 0.115. The molecule has 0 aliphatic rings. The molecule has 1 aromatic rings. The molecular formula is C23H37N5O5. The first-order valence-electron chi connectivity index (χ1n) is 11.3. The van der Waals surface area contributed by atoms with Crippen LogP contribution in [0.1, 0.15) is 45.1 Å². The van der Waals surface area contributed by atoms with Gasteiger partial charge in [0.25, 0.3) is 0 Å². The Balaban J connectivity index is 2.65. The lowest BCUT2D eigenvalue weighted by atomic mass is 9.97. The lowest BCUT2D eigenvalue weighted by molar-refractivity contribution is -0.141. The molecule has 0 aromatic heterocycles. The SMILES string of the molecule is CCC(C)C(NC(=O)C(N)CCCCN)C(=O)NCC(=O)NC(Cc1ccccc1)C(=O)O. The molecule has 0 heterocycles. The van der Waals surface area contributed by atoms with Crippen molar-refractivity contribution in [3.63, 3.8) is 0 Å². The zero-order chi connectivity index (χ0) is 24.8. The van der Waals surface area contributed by atoms with E-state index in [0.717, 1.165) is 12.0 Å². The van der Waals surface area contributed by atoms with Crippen molar-refractivity contribution in [2.75, 3.05) is 13.1 Å². The second-order valence-corrected chi connectivity index (χ2v) is 8.13. The van der Waals surface area contributed by atoms with Gasteiger partial charge in [-0.2, -0.15) is 0 Å². The van der Waals surface area contributed by atoms with Crippen LogP contribution in [0.15, 0.2) is 30.3 Å². The Morgan fingerprint density at radius 3 is 2.27 bits per heavy atom. The predicted octanol–water partition coefficient (Wildman–Crippen LogP) is -0.0981. The summed E-state index contributed by atoms with van der Waals surface area (Å²) in [5.41, 5.74) is 12.1. The molecule has 1 rings (SSSR count). The zero-order valence-corrected chi connectivity index (χ0v) is 19.4. The van der Waals surface area contributed by atoms with Crippen LogP contribution in [0.4, 0.5) is 0 Å². The summed E-state index contributed by atoms with van der Waals surface area (Å²) in [5, 5.41) is 17.0. The van der Waals surface area contributed by atoms with Crippen LogP contribution in [0.2, 0.25) is 0 Å². The van der Waals surface area contributed by atoms with E-state index < -0.39 is 48.4 Å². The summed E-state index contributed by atoms with van der Waals surface area (Å²) in [6.07, 6.45) is 2.65. The van der Waals surface area contributed by atoms with E-state index in [1.54, 1.807) is 24.3 Å². The highest BCUT2D eigenvalue weighted by molar-refractivity contribution is 5.92. The fourth-order valence-electron chi connectivity index (χ4n) is 3.17. The van der Waals surface area contributed by atoms with Crippen molar-refractivity contribution < 1.29 is 24.3 Å². The second kappa shape index (κ2) is 15.0. The van der Waals surface area contributed by atoms with Gasteiger partial charge in [0.15, 0.2) is 0 Å². The number of carboxylic acids is 1. The van der Waals surface area contributed by atoms with Gasteiger partial charge in [-0.1, -0.05) is 57.0 Å². The Hall–Kier alpha value is -2.98. The van der Waals surface area contributed by atoms with Crippen LogP contribution in [0.25, 0.3) is 0 Å². The van der Waals surface area contributed by atoms with Crippen molar-refractivity contribution in [3.8, 4) is 0 Å². The molecule has 4 unspecified atom stereocenters. The van der Waals surface area contributed by atoms with E-state index in [1.165, 1.54) is 0 Å². The summed E-state index contributed by atoms with van der Waals surface area (Å²) in [4.78, 5) is 48.9. The summed E-state index contributed by atoms with van der Waals surface area (Å²) in [7, 11) is 0. The highest BCUT2D eigenvalue weighted by Crippen LogP contribution is 2.09. The van der Waals surface area contributed by atoms with Crippen molar-refractivity contribution in [1.82, 2.24) is 16.0 Å². The largest absolute Gasteiger partial charge is 0.480 e. The molecular weight excluding hydrogens is 426 g/mol. The molecule has 10 heteroatoms. The fraction of sp³-hybridized carbons (Fsp3) is 0.565. The number of nitrogens with one attached hydrogen (secondary N) is 3. The van der Waals surface area contributed by atoms with Crippen LogP contribution in [0, 0.1) is 5.92 Å². The molecule has 0 spiro atoms. The van der Waals surface area contributed by atoms with Crippen LogP contribution in [-0.2, 0) is 25.6 Å². The minimum atomic E-state index is -1.17. The third-order valence-corrected chi connectivity index (χ3v) is 5.44. The number of rotatable bonds is 15. The first kappa shape index (κ1) is 28.1. The van der Waals surface area contributed by atoms with E-state index in [2.05, 4.69) is 16.0 Å². The molecule has 0 aliphatic carbocycles. The average molecular weight is 464 g/mol. The van der Waals surface area contributed by atoms with E-state index in [0.29, 0.717) is 25.8 Å². The smallest absolute Gasteiger partial charge is 0.326 e. The first-order valence-corrected chi connectivity index (χ1v) is 11.3. The van der Waals surface area contributed by atoms with Crippen LogP contribution in [0.5, 0.6) is 0 Å². The summed E-state index contributed by atoms with van der Waals surface area (Å²) < 4.78 is 0. The molecule has 33 heavy (non-hydrogen) atoms. The maximum atomic E-state index is 12.7. The van der Waals surface area contributed by atoms with Crippen molar-refractivity contribution >= 4 is 23.7 Å². The molecule has 0 bridgehead atoms. The van der Waals surface area contributed by atoms with Gasteiger partial charge < -0.3 is 32.5 Å². The Morgan fingerprint density at radius 2 is 1.70 bits per heavy atom. The Morgan fingerprint density at radius 1 is 1.03 bits per heavy atom. The summed E-state index contributed by atoms with van der Waals surface area (Å²) in [6, 6.07) is 6.16.